The number of benzene rings is 1. The SMILES string of the molecule is Cc1nc(C2CCCNC2)nc2c1CC(=O)N2CCc1ccccc1F. The highest BCUT2D eigenvalue weighted by atomic mass is 19.1. The molecule has 0 spiro atoms. The third-order valence-corrected chi connectivity index (χ3v) is 5.32. The van der Waals surface area contributed by atoms with Crippen LogP contribution in [0, 0.1) is 12.7 Å². The summed E-state index contributed by atoms with van der Waals surface area (Å²) in [5.41, 5.74) is 2.42. The number of halogens is 1. The predicted molar refractivity (Wildman–Crippen MR) is 97.8 cm³/mol. The Labute approximate surface area is 152 Å². The van der Waals surface area contributed by atoms with Gasteiger partial charge in [-0.25, -0.2) is 14.4 Å². The average molecular weight is 354 g/mol. The van der Waals surface area contributed by atoms with Gasteiger partial charge in [-0.15, -0.1) is 0 Å². The van der Waals surface area contributed by atoms with E-state index in [9.17, 15) is 9.18 Å². The first-order valence-electron chi connectivity index (χ1n) is 9.25. The molecule has 1 saturated heterocycles. The number of carbonyl (C=O) groups excluding carboxylic acids is 1. The molecule has 26 heavy (non-hydrogen) atoms. The molecule has 0 saturated carbocycles. The number of anilines is 1. The summed E-state index contributed by atoms with van der Waals surface area (Å²) in [6.45, 7) is 4.30. The van der Waals surface area contributed by atoms with E-state index in [1.54, 1.807) is 17.0 Å². The molecule has 1 N–H and O–H groups in total. The average Bonchev–Trinajstić information content (AvgIpc) is 2.98. The van der Waals surface area contributed by atoms with E-state index >= 15 is 0 Å². The summed E-state index contributed by atoms with van der Waals surface area (Å²) in [4.78, 5) is 23.7. The molecule has 5 nitrogen and oxygen atoms in total. The molecule has 0 aliphatic carbocycles. The van der Waals surface area contributed by atoms with E-state index in [0.717, 1.165) is 48.8 Å². The first-order valence-corrected chi connectivity index (χ1v) is 9.25. The largest absolute Gasteiger partial charge is 0.316 e. The van der Waals surface area contributed by atoms with E-state index in [0.29, 0.717) is 24.9 Å². The topological polar surface area (TPSA) is 58.1 Å². The molecule has 1 amide bonds. The van der Waals surface area contributed by atoms with Crippen molar-refractivity contribution in [3.8, 4) is 0 Å². The monoisotopic (exact) mass is 354 g/mol. The van der Waals surface area contributed by atoms with Gasteiger partial charge in [0.25, 0.3) is 0 Å². The van der Waals surface area contributed by atoms with Gasteiger partial charge < -0.3 is 5.32 Å². The summed E-state index contributed by atoms with van der Waals surface area (Å²) >= 11 is 0. The lowest BCUT2D eigenvalue weighted by atomic mass is 9.98. The van der Waals surface area contributed by atoms with Crippen LogP contribution < -0.4 is 10.2 Å². The lowest BCUT2D eigenvalue weighted by Gasteiger charge is -2.23. The number of aryl methyl sites for hydroxylation is 1. The molecule has 6 heteroatoms. The van der Waals surface area contributed by atoms with Gasteiger partial charge in [-0.3, -0.25) is 9.69 Å². The molecule has 2 aliphatic heterocycles. The minimum Gasteiger partial charge on any atom is -0.316 e. The first kappa shape index (κ1) is 17.1. The maximum Gasteiger partial charge on any atom is 0.232 e. The number of aromatic nitrogens is 2. The smallest absolute Gasteiger partial charge is 0.232 e. The van der Waals surface area contributed by atoms with Gasteiger partial charge in [0.05, 0.1) is 6.42 Å². The van der Waals surface area contributed by atoms with Gasteiger partial charge in [-0.1, -0.05) is 18.2 Å². The highest BCUT2D eigenvalue weighted by Crippen LogP contribution is 2.31. The van der Waals surface area contributed by atoms with E-state index in [1.807, 2.05) is 13.0 Å². The van der Waals surface area contributed by atoms with Crippen molar-refractivity contribution in [1.29, 1.82) is 0 Å². The molecule has 1 aromatic carbocycles. The van der Waals surface area contributed by atoms with Crippen molar-refractivity contribution in [3.63, 3.8) is 0 Å². The van der Waals surface area contributed by atoms with Gasteiger partial charge in [0, 0.05) is 30.3 Å². The summed E-state index contributed by atoms with van der Waals surface area (Å²) in [7, 11) is 0. The number of nitrogens with zero attached hydrogens (tertiary/aromatic N) is 3. The van der Waals surface area contributed by atoms with E-state index in [4.69, 9.17) is 4.98 Å². The fourth-order valence-electron chi connectivity index (χ4n) is 3.82. The van der Waals surface area contributed by atoms with E-state index in [-0.39, 0.29) is 17.6 Å². The third-order valence-electron chi connectivity index (χ3n) is 5.32. The molecule has 0 bridgehead atoms. The number of rotatable bonds is 4. The molecule has 4 rings (SSSR count). The summed E-state index contributed by atoms with van der Waals surface area (Å²) in [5.74, 6) is 1.62. The van der Waals surface area contributed by atoms with Crippen LogP contribution in [0.25, 0.3) is 0 Å². The molecule has 1 fully saturated rings. The summed E-state index contributed by atoms with van der Waals surface area (Å²) in [6, 6.07) is 6.71. The molecular weight excluding hydrogens is 331 g/mol. The Kier molecular flexibility index (Phi) is 4.68. The number of nitrogens with one attached hydrogen (secondary N) is 1. The quantitative estimate of drug-likeness (QED) is 0.917. The van der Waals surface area contributed by atoms with E-state index < -0.39 is 0 Å². The van der Waals surface area contributed by atoms with E-state index in [1.165, 1.54) is 6.07 Å². The van der Waals surface area contributed by atoms with Gasteiger partial charge in [0.2, 0.25) is 5.91 Å². The van der Waals surface area contributed by atoms with Gasteiger partial charge in [0.1, 0.15) is 17.5 Å². The zero-order valence-corrected chi connectivity index (χ0v) is 15.0. The van der Waals surface area contributed by atoms with Crippen LogP contribution in [-0.4, -0.2) is 35.5 Å². The molecule has 2 aliphatic rings. The Balaban J connectivity index is 1.59. The van der Waals surface area contributed by atoms with Gasteiger partial charge >= 0.3 is 0 Å². The lowest BCUT2D eigenvalue weighted by molar-refractivity contribution is -0.117. The maximum atomic E-state index is 13.9. The Morgan fingerprint density at radius 2 is 2.15 bits per heavy atom. The molecule has 1 unspecified atom stereocenters. The fraction of sp³-hybridized carbons (Fsp3) is 0.450. The normalized spacial score (nSPS) is 19.7. The maximum absolute atomic E-state index is 13.9. The number of amides is 1. The summed E-state index contributed by atoms with van der Waals surface area (Å²) < 4.78 is 13.9. The highest BCUT2D eigenvalue weighted by molar-refractivity contribution is 6.00. The lowest BCUT2D eigenvalue weighted by Crippen LogP contribution is -2.31. The third kappa shape index (κ3) is 3.21. The van der Waals surface area contributed by atoms with Crippen molar-refractivity contribution in [3.05, 3.63) is 52.7 Å². The number of carbonyl (C=O) groups is 1. The van der Waals surface area contributed by atoms with Crippen molar-refractivity contribution < 1.29 is 9.18 Å². The predicted octanol–water partition coefficient (Wildman–Crippen LogP) is 2.52. The molecule has 3 heterocycles. The molecule has 0 radical (unpaired) electrons. The van der Waals surface area contributed by atoms with Crippen molar-refractivity contribution in [2.24, 2.45) is 0 Å². The first-order chi connectivity index (χ1) is 12.6. The van der Waals surface area contributed by atoms with Crippen molar-refractivity contribution in [2.75, 3.05) is 24.5 Å². The Morgan fingerprint density at radius 1 is 1.31 bits per heavy atom. The summed E-state index contributed by atoms with van der Waals surface area (Å²) in [6.07, 6.45) is 2.98. The van der Waals surface area contributed by atoms with Gasteiger partial charge in [0.15, 0.2) is 0 Å². The van der Waals surface area contributed by atoms with Crippen LogP contribution >= 0.6 is 0 Å². The van der Waals surface area contributed by atoms with Crippen molar-refractivity contribution in [1.82, 2.24) is 15.3 Å². The number of hydrogen-bond donors (Lipinski definition) is 1. The second-order valence-corrected chi connectivity index (χ2v) is 7.08. The standard InChI is InChI=1S/C20H23FN4O/c1-13-16-11-18(26)25(10-8-14-5-2-3-7-17(14)21)20(16)24-19(23-13)15-6-4-9-22-12-15/h2-3,5,7,15,22H,4,6,8-12H2,1H3. The number of fused-ring (bicyclic) bond motifs is 1. The Bertz CT molecular complexity index is 833. The van der Waals surface area contributed by atoms with Crippen LogP contribution in [0.4, 0.5) is 10.2 Å². The van der Waals surface area contributed by atoms with Crippen LogP contribution in [0.15, 0.2) is 24.3 Å². The molecular formula is C20H23FN4O. The van der Waals surface area contributed by atoms with E-state index in [2.05, 4.69) is 10.3 Å². The Hall–Kier alpha value is -2.34. The molecule has 2 aromatic rings. The summed E-state index contributed by atoms with van der Waals surface area (Å²) in [5, 5.41) is 3.39. The fourth-order valence-corrected chi connectivity index (χ4v) is 3.82. The van der Waals surface area contributed by atoms with Crippen molar-refractivity contribution in [2.45, 2.75) is 38.5 Å². The van der Waals surface area contributed by atoms with Crippen LogP contribution in [0.1, 0.15) is 41.4 Å². The van der Waals surface area contributed by atoms with Crippen LogP contribution in [0.5, 0.6) is 0 Å². The minimum atomic E-state index is -0.229. The minimum absolute atomic E-state index is 0.0210. The van der Waals surface area contributed by atoms with Crippen LogP contribution in [0.3, 0.4) is 0 Å². The zero-order chi connectivity index (χ0) is 18.1. The highest BCUT2D eigenvalue weighted by Gasteiger charge is 2.32. The van der Waals surface area contributed by atoms with Crippen LogP contribution in [-0.2, 0) is 17.6 Å². The van der Waals surface area contributed by atoms with Gasteiger partial charge in [-0.2, -0.15) is 0 Å². The molecule has 1 atom stereocenters. The number of hydrogen-bond acceptors (Lipinski definition) is 4. The zero-order valence-electron chi connectivity index (χ0n) is 15.0. The van der Waals surface area contributed by atoms with Gasteiger partial charge in [-0.05, 0) is 44.4 Å². The Morgan fingerprint density at radius 3 is 2.92 bits per heavy atom. The second kappa shape index (κ2) is 7.11. The molecule has 1 aromatic heterocycles. The van der Waals surface area contributed by atoms with Crippen LogP contribution in [0.2, 0.25) is 0 Å². The second-order valence-electron chi connectivity index (χ2n) is 7.08. The molecule has 136 valence electrons. The number of piperidine rings is 1. The van der Waals surface area contributed by atoms with Crippen molar-refractivity contribution >= 4 is 11.7 Å².